The zero-order valence-electron chi connectivity index (χ0n) is 10.1. The maximum Gasteiger partial charge on any atom is 0.354 e. The lowest BCUT2D eigenvalue weighted by molar-refractivity contribution is 0.0690. The lowest BCUT2D eigenvalue weighted by Gasteiger charge is -2.26. The van der Waals surface area contributed by atoms with E-state index in [0.717, 1.165) is 26.2 Å². The number of thioether (sulfide) groups is 1. The Bertz CT molecular complexity index is 408. The predicted molar refractivity (Wildman–Crippen MR) is 73.5 cm³/mol. The Balaban J connectivity index is 1.78. The molecule has 18 heavy (non-hydrogen) atoms. The van der Waals surface area contributed by atoms with E-state index in [4.69, 9.17) is 5.11 Å². The van der Waals surface area contributed by atoms with Crippen molar-refractivity contribution in [3.05, 3.63) is 23.9 Å². The van der Waals surface area contributed by atoms with E-state index >= 15 is 0 Å². The number of carboxylic acids is 1. The smallest absolute Gasteiger partial charge is 0.354 e. The topological polar surface area (TPSA) is 65.5 Å². The van der Waals surface area contributed by atoms with Gasteiger partial charge in [-0.2, -0.15) is 11.8 Å². The van der Waals surface area contributed by atoms with Crippen LogP contribution in [0.25, 0.3) is 0 Å². The Hall–Kier alpha value is -1.27. The molecule has 0 spiro atoms. The van der Waals surface area contributed by atoms with Gasteiger partial charge in [0.25, 0.3) is 0 Å². The van der Waals surface area contributed by atoms with Crippen LogP contribution in [0.1, 0.15) is 10.5 Å². The van der Waals surface area contributed by atoms with Gasteiger partial charge in [-0.3, -0.25) is 4.90 Å². The van der Waals surface area contributed by atoms with Crippen molar-refractivity contribution in [1.82, 2.24) is 9.88 Å². The monoisotopic (exact) mass is 267 g/mol. The second kappa shape index (κ2) is 6.61. The van der Waals surface area contributed by atoms with Crippen LogP contribution >= 0.6 is 11.8 Å². The normalized spacial score (nSPS) is 16.4. The minimum atomic E-state index is -0.994. The highest BCUT2D eigenvalue weighted by molar-refractivity contribution is 7.99. The van der Waals surface area contributed by atoms with Gasteiger partial charge in [-0.05, 0) is 12.1 Å². The molecule has 0 amide bonds. The number of nitrogens with zero attached hydrogens (tertiary/aromatic N) is 2. The molecule has 1 aromatic rings. The molecule has 1 saturated heterocycles. The molecule has 1 aromatic heterocycles. The first-order valence-corrected chi connectivity index (χ1v) is 7.15. The van der Waals surface area contributed by atoms with E-state index in [1.165, 1.54) is 17.6 Å². The highest BCUT2D eigenvalue weighted by Crippen LogP contribution is 2.09. The fourth-order valence-electron chi connectivity index (χ4n) is 1.82. The van der Waals surface area contributed by atoms with E-state index in [2.05, 4.69) is 15.2 Å². The molecule has 0 unspecified atom stereocenters. The maximum absolute atomic E-state index is 10.8. The summed E-state index contributed by atoms with van der Waals surface area (Å²) in [4.78, 5) is 17.2. The summed E-state index contributed by atoms with van der Waals surface area (Å²) in [5.74, 6) is 2.03. The van der Waals surface area contributed by atoms with Gasteiger partial charge in [-0.25, -0.2) is 9.78 Å². The van der Waals surface area contributed by atoms with Crippen molar-refractivity contribution < 1.29 is 9.90 Å². The number of rotatable bonds is 5. The number of pyridine rings is 1. The van der Waals surface area contributed by atoms with Gasteiger partial charge in [0.2, 0.25) is 0 Å². The third-order valence-corrected chi connectivity index (χ3v) is 3.75. The van der Waals surface area contributed by atoms with Crippen molar-refractivity contribution in [1.29, 1.82) is 0 Å². The van der Waals surface area contributed by atoms with Gasteiger partial charge in [0.15, 0.2) is 5.69 Å². The molecule has 0 bridgehead atoms. The summed E-state index contributed by atoms with van der Waals surface area (Å²) < 4.78 is 0. The fourth-order valence-corrected chi connectivity index (χ4v) is 2.80. The van der Waals surface area contributed by atoms with Gasteiger partial charge in [0, 0.05) is 37.7 Å². The van der Waals surface area contributed by atoms with Crippen LogP contribution in [0.15, 0.2) is 18.2 Å². The fraction of sp³-hybridized carbons (Fsp3) is 0.500. The molecule has 0 radical (unpaired) electrons. The minimum absolute atomic E-state index is 0.0781. The molecule has 1 fully saturated rings. The molecule has 0 aliphatic carbocycles. The van der Waals surface area contributed by atoms with E-state index in [0.29, 0.717) is 5.82 Å². The van der Waals surface area contributed by atoms with Crippen LogP contribution in [0, 0.1) is 0 Å². The second-order valence-electron chi connectivity index (χ2n) is 4.09. The molecule has 6 heteroatoms. The summed E-state index contributed by atoms with van der Waals surface area (Å²) in [5.41, 5.74) is 0.0781. The standard InChI is InChI=1S/C12H17N3O2S/c16-12(17)10-2-1-3-11(14-10)13-4-5-15-6-8-18-9-7-15/h1-3H,4-9H2,(H,13,14)(H,16,17). The maximum atomic E-state index is 10.8. The lowest BCUT2D eigenvalue weighted by Crippen LogP contribution is -2.36. The summed E-state index contributed by atoms with van der Waals surface area (Å²) in [6, 6.07) is 4.99. The number of carbonyl (C=O) groups is 1. The first kappa shape index (κ1) is 13.2. The average molecular weight is 267 g/mol. The van der Waals surface area contributed by atoms with Crippen LogP contribution in [0.5, 0.6) is 0 Å². The van der Waals surface area contributed by atoms with Gasteiger partial charge in [-0.1, -0.05) is 6.07 Å². The van der Waals surface area contributed by atoms with E-state index in [1.807, 2.05) is 11.8 Å². The van der Waals surface area contributed by atoms with Gasteiger partial charge in [0.1, 0.15) is 5.82 Å². The molecule has 0 saturated carbocycles. The largest absolute Gasteiger partial charge is 0.477 e. The van der Waals surface area contributed by atoms with Gasteiger partial charge >= 0.3 is 5.97 Å². The van der Waals surface area contributed by atoms with Gasteiger partial charge < -0.3 is 10.4 Å². The Kier molecular flexibility index (Phi) is 4.83. The number of carboxylic acid groups (broad SMARTS) is 1. The van der Waals surface area contributed by atoms with Crippen LogP contribution in [-0.4, -0.2) is 58.6 Å². The molecular weight excluding hydrogens is 250 g/mol. The van der Waals surface area contributed by atoms with Crippen LogP contribution in [0.4, 0.5) is 5.82 Å². The summed E-state index contributed by atoms with van der Waals surface area (Å²) >= 11 is 1.99. The predicted octanol–water partition coefficient (Wildman–Crippen LogP) is 1.24. The number of aromatic nitrogens is 1. The summed E-state index contributed by atoms with van der Waals surface area (Å²) in [5, 5.41) is 12.0. The third-order valence-electron chi connectivity index (χ3n) is 2.81. The lowest BCUT2D eigenvalue weighted by atomic mass is 10.3. The molecule has 0 atom stereocenters. The first-order chi connectivity index (χ1) is 8.75. The van der Waals surface area contributed by atoms with Gasteiger partial charge in [-0.15, -0.1) is 0 Å². The minimum Gasteiger partial charge on any atom is -0.477 e. The summed E-state index contributed by atoms with van der Waals surface area (Å²) in [7, 11) is 0. The zero-order valence-corrected chi connectivity index (χ0v) is 10.9. The Morgan fingerprint density at radius 3 is 2.94 bits per heavy atom. The van der Waals surface area contributed by atoms with Gasteiger partial charge in [0.05, 0.1) is 0 Å². The number of hydrogen-bond donors (Lipinski definition) is 2. The Morgan fingerprint density at radius 1 is 1.44 bits per heavy atom. The molecule has 0 aromatic carbocycles. The quantitative estimate of drug-likeness (QED) is 0.837. The molecule has 2 rings (SSSR count). The number of nitrogens with one attached hydrogen (secondary N) is 1. The van der Waals surface area contributed by atoms with E-state index < -0.39 is 5.97 Å². The van der Waals surface area contributed by atoms with Crippen molar-refractivity contribution in [2.75, 3.05) is 43.0 Å². The average Bonchev–Trinajstić information content (AvgIpc) is 2.40. The van der Waals surface area contributed by atoms with Crippen molar-refractivity contribution in [3.63, 3.8) is 0 Å². The van der Waals surface area contributed by atoms with Crippen LogP contribution < -0.4 is 5.32 Å². The Morgan fingerprint density at radius 2 is 2.22 bits per heavy atom. The molecule has 5 nitrogen and oxygen atoms in total. The highest BCUT2D eigenvalue weighted by Gasteiger charge is 2.09. The number of anilines is 1. The molecular formula is C12H17N3O2S. The summed E-state index contributed by atoms with van der Waals surface area (Å²) in [6.07, 6.45) is 0. The molecule has 1 aliphatic heterocycles. The SMILES string of the molecule is O=C(O)c1cccc(NCCN2CCSCC2)n1. The van der Waals surface area contributed by atoms with Crippen LogP contribution in [-0.2, 0) is 0 Å². The Labute approximate surface area is 111 Å². The van der Waals surface area contributed by atoms with Crippen LogP contribution in [0.2, 0.25) is 0 Å². The molecule has 2 heterocycles. The van der Waals surface area contributed by atoms with E-state index in [1.54, 1.807) is 12.1 Å². The molecule has 1 aliphatic rings. The zero-order chi connectivity index (χ0) is 12.8. The highest BCUT2D eigenvalue weighted by atomic mass is 32.2. The first-order valence-electron chi connectivity index (χ1n) is 6.00. The molecule has 98 valence electrons. The van der Waals surface area contributed by atoms with Crippen molar-refractivity contribution in [2.24, 2.45) is 0 Å². The summed E-state index contributed by atoms with van der Waals surface area (Å²) in [6.45, 7) is 4.03. The number of aromatic carboxylic acids is 1. The van der Waals surface area contributed by atoms with Crippen molar-refractivity contribution in [2.45, 2.75) is 0 Å². The second-order valence-corrected chi connectivity index (χ2v) is 5.32. The number of hydrogen-bond acceptors (Lipinski definition) is 5. The van der Waals surface area contributed by atoms with Crippen molar-refractivity contribution >= 4 is 23.5 Å². The van der Waals surface area contributed by atoms with E-state index in [-0.39, 0.29) is 5.69 Å². The van der Waals surface area contributed by atoms with E-state index in [9.17, 15) is 4.79 Å². The third kappa shape index (κ3) is 3.89. The molecule has 2 N–H and O–H groups in total. The van der Waals surface area contributed by atoms with Crippen LogP contribution in [0.3, 0.4) is 0 Å². The van der Waals surface area contributed by atoms with Crippen molar-refractivity contribution in [3.8, 4) is 0 Å².